The number of aliphatic carboxylic acids is 1. The van der Waals surface area contributed by atoms with Crippen LogP contribution in [0, 0.1) is 0 Å². The van der Waals surface area contributed by atoms with E-state index in [4.69, 9.17) is 15.6 Å². The first-order valence-electron chi connectivity index (χ1n) is 4.88. The summed E-state index contributed by atoms with van der Waals surface area (Å²) in [7, 11) is 1.43. The number of rotatable bonds is 4. The molecule has 6 nitrogen and oxygen atoms in total. The maximum Gasteiger partial charge on any atom is 0.321 e. The normalized spacial score (nSPS) is 10.8. The SMILES string of the molecule is COc1cccc(C=O)c1O.NC(CS)C(=O)O. The summed E-state index contributed by atoms with van der Waals surface area (Å²) in [5, 5.41) is 17.2. The first-order chi connectivity index (χ1) is 8.47. The van der Waals surface area contributed by atoms with Crippen molar-refractivity contribution in [2.75, 3.05) is 12.9 Å². The van der Waals surface area contributed by atoms with Gasteiger partial charge in [-0.15, -0.1) is 0 Å². The molecule has 1 aromatic rings. The molecule has 0 saturated heterocycles. The number of phenols is 1. The molecule has 7 heteroatoms. The van der Waals surface area contributed by atoms with Gasteiger partial charge >= 0.3 is 5.97 Å². The zero-order chi connectivity index (χ0) is 14.1. The standard InChI is InChI=1S/C8H8O3.C3H7NO2S/c1-11-7-4-2-3-6(5-9)8(7)10;4-2(1-7)3(5)6/h2-5,10H,1H3;2,7H,1,4H2,(H,5,6). The van der Waals surface area contributed by atoms with Crippen LogP contribution in [0.3, 0.4) is 0 Å². The van der Waals surface area contributed by atoms with Crippen LogP contribution in [0.25, 0.3) is 0 Å². The summed E-state index contributed by atoms with van der Waals surface area (Å²) in [6, 6.07) is 3.93. The van der Waals surface area contributed by atoms with Gasteiger partial charge in [-0.25, -0.2) is 0 Å². The third-order valence-corrected chi connectivity index (χ3v) is 2.28. The number of para-hydroxylation sites is 1. The summed E-state index contributed by atoms with van der Waals surface area (Å²) in [5.41, 5.74) is 5.18. The molecule has 4 N–H and O–H groups in total. The van der Waals surface area contributed by atoms with Gasteiger partial charge in [-0.2, -0.15) is 12.6 Å². The van der Waals surface area contributed by atoms with Crippen LogP contribution in [-0.2, 0) is 4.79 Å². The van der Waals surface area contributed by atoms with Gasteiger partial charge in [0.15, 0.2) is 17.8 Å². The number of hydrogen-bond acceptors (Lipinski definition) is 6. The molecule has 1 rings (SSSR count). The summed E-state index contributed by atoms with van der Waals surface area (Å²) in [6.07, 6.45) is 0.581. The van der Waals surface area contributed by atoms with E-state index in [-0.39, 0.29) is 17.1 Å². The number of nitrogens with two attached hydrogens (primary N) is 1. The number of aromatic hydroxyl groups is 1. The molecular formula is C11H15NO5S. The van der Waals surface area contributed by atoms with Gasteiger partial charge in [0.05, 0.1) is 12.7 Å². The quantitative estimate of drug-likeness (QED) is 0.471. The van der Waals surface area contributed by atoms with Crippen molar-refractivity contribution < 1.29 is 24.5 Å². The molecule has 18 heavy (non-hydrogen) atoms. The first-order valence-corrected chi connectivity index (χ1v) is 5.51. The number of ether oxygens (including phenoxy) is 1. The number of aldehydes is 1. The highest BCUT2D eigenvalue weighted by Gasteiger charge is 2.06. The number of phenolic OH excluding ortho intramolecular Hbond substituents is 1. The Labute approximate surface area is 110 Å². The Morgan fingerprint density at radius 1 is 1.61 bits per heavy atom. The highest BCUT2D eigenvalue weighted by atomic mass is 32.1. The second-order valence-corrected chi connectivity index (χ2v) is 3.51. The third-order valence-electron chi connectivity index (χ3n) is 1.89. The molecular weight excluding hydrogens is 258 g/mol. The molecule has 0 amide bonds. The van der Waals surface area contributed by atoms with Gasteiger partial charge in [0.2, 0.25) is 0 Å². The van der Waals surface area contributed by atoms with Crippen LogP contribution in [0.15, 0.2) is 18.2 Å². The Morgan fingerprint density at radius 3 is 2.56 bits per heavy atom. The van der Waals surface area contributed by atoms with Gasteiger partial charge < -0.3 is 20.7 Å². The lowest BCUT2D eigenvalue weighted by atomic mass is 10.2. The topological polar surface area (TPSA) is 110 Å². The predicted octanol–water partition coefficient (Wildman–Crippen LogP) is 0.541. The number of carboxylic acids is 1. The van der Waals surface area contributed by atoms with Crippen molar-refractivity contribution in [2.24, 2.45) is 5.73 Å². The lowest BCUT2D eigenvalue weighted by molar-refractivity contribution is -0.137. The monoisotopic (exact) mass is 273 g/mol. The Balaban J connectivity index is 0.000000360. The highest BCUT2D eigenvalue weighted by Crippen LogP contribution is 2.27. The Bertz CT molecular complexity index is 410. The largest absolute Gasteiger partial charge is 0.504 e. The second kappa shape index (κ2) is 8.37. The highest BCUT2D eigenvalue weighted by molar-refractivity contribution is 7.80. The molecule has 0 radical (unpaired) electrons. The van der Waals surface area contributed by atoms with Crippen molar-refractivity contribution in [1.29, 1.82) is 0 Å². The number of carbonyl (C=O) groups excluding carboxylic acids is 1. The molecule has 0 spiro atoms. The number of hydrogen-bond donors (Lipinski definition) is 4. The van der Waals surface area contributed by atoms with E-state index in [1.54, 1.807) is 12.1 Å². The Hall–Kier alpha value is -1.73. The van der Waals surface area contributed by atoms with Crippen molar-refractivity contribution in [3.63, 3.8) is 0 Å². The molecule has 0 aliphatic carbocycles. The van der Waals surface area contributed by atoms with E-state index in [1.165, 1.54) is 13.2 Å². The maximum absolute atomic E-state index is 10.3. The summed E-state index contributed by atoms with van der Waals surface area (Å²) in [5.74, 6) is -0.607. The Morgan fingerprint density at radius 2 is 2.22 bits per heavy atom. The molecule has 0 bridgehead atoms. The molecule has 100 valence electrons. The van der Waals surface area contributed by atoms with Crippen molar-refractivity contribution in [2.45, 2.75) is 6.04 Å². The van der Waals surface area contributed by atoms with Gasteiger partial charge in [-0.1, -0.05) is 6.07 Å². The average molecular weight is 273 g/mol. The minimum Gasteiger partial charge on any atom is -0.504 e. The van der Waals surface area contributed by atoms with Crippen molar-refractivity contribution >= 4 is 24.9 Å². The Kier molecular flexibility index (Phi) is 7.57. The molecule has 1 atom stereocenters. The lowest BCUT2D eigenvalue weighted by Crippen LogP contribution is -2.31. The second-order valence-electron chi connectivity index (χ2n) is 3.14. The first kappa shape index (κ1) is 16.3. The summed E-state index contributed by atoms with van der Waals surface area (Å²) < 4.78 is 4.78. The van der Waals surface area contributed by atoms with E-state index in [0.717, 1.165) is 0 Å². The van der Waals surface area contributed by atoms with Crippen LogP contribution < -0.4 is 10.5 Å². The van der Waals surface area contributed by atoms with E-state index in [2.05, 4.69) is 12.6 Å². The van der Waals surface area contributed by atoms with E-state index in [0.29, 0.717) is 12.0 Å². The van der Waals surface area contributed by atoms with Crippen LogP contribution >= 0.6 is 12.6 Å². The van der Waals surface area contributed by atoms with Crippen LogP contribution in [0.5, 0.6) is 11.5 Å². The zero-order valence-corrected chi connectivity index (χ0v) is 10.6. The number of carboxylic acid groups (broad SMARTS) is 1. The van der Waals surface area contributed by atoms with Crippen LogP contribution in [0.4, 0.5) is 0 Å². The van der Waals surface area contributed by atoms with Gasteiger partial charge in [-0.05, 0) is 12.1 Å². The molecule has 0 aliphatic heterocycles. The zero-order valence-electron chi connectivity index (χ0n) is 9.74. The number of methoxy groups -OCH3 is 1. The molecule has 0 saturated carbocycles. The fourth-order valence-corrected chi connectivity index (χ4v) is 1.03. The van der Waals surface area contributed by atoms with Crippen LogP contribution in [0.1, 0.15) is 10.4 Å². The molecule has 0 fully saturated rings. The smallest absolute Gasteiger partial charge is 0.321 e. The van der Waals surface area contributed by atoms with Crippen molar-refractivity contribution in [3.8, 4) is 11.5 Å². The minimum atomic E-state index is -1.00. The average Bonchev–Trinajstić information content (AvgIpc) is 2.38. The van der Waals surface area contributed by atoms with Crippen LogP contribution in [0.2, 0.25) is 0 Å². The van der Waals surface area contributed by atoms with Crippen LogP contribution in [-0.4, -0.2) is 41.4 Å². The van der Waals surface area contributed by atoms with E-state index in [9.17, 15) is 14.7 Å². The van der Waals surface area contributed by atoms with E-state index >= 15 is 0 Å². The number of thiol groups is 1. The van der Waals surface area contributed by atoms with Gasteiger partial charge in [-0.3, -0.25) is 9.59 Å². The molecule has 0 aliphatic rings. The van der Waals surface area contributed by atoms with Gasteiger partial charge in [0.1, 0.15) is 6.04 Å². The minimum absolute atomic E-state index is 0.106. The summed E-state index contributed by atoms with van der Waals surface area (Å²) in [4.78, 5) is 20.0. The maximum atomic E-state index is 10.3. The van der Waals surface area contributed by atoms with E-state index in [1.807, 2.05) is 0 Å². The molecule has 1 unspecified atom stereocenters. The fraction of sp³-hybridized carbons (Fsp3) is 0.273. The summed E-state index contributed by atoms with van der Waals surface area (Å²) in [6.45, 7) is 0. The molecule has 0 aromatic heterocycles. The summed E-state index contributed by atoms with van der Waals surface area (Å²) >= 11 is 3.65. The van der Waals surface area contributed by atoms with Gasteiger partial charge in [0, 0.05) is 5.75 Å². The predicted molar refractivity (Wildman–Crippen MR) is 69.5 cm³/mol. The van der Waals surface area contributed by atoms with Crippen molar-refractivity contribution in [1.82, 2.24) is 0 Å². The van der Waals surface area contributed by atoms with Gasteiger partial charge in [0.25, 0.3) is 0 Å². The lowest BCUT2D eigenvalue weighted by Gasteiger charge is -2.02. The number of benzene rings is 1. The fourth-order valence-electron chi connectivity index (χ4n) is 0.877. The van der Waals surface area contributed by atoms with E-state index < -0.39 is 12.0 Å². The molecule has 0 heterocycles. The molecule has 1 aromatic carbocycles. The number of carbonyl (C=O) groups is 2. The third kappa shape index (κ3) is 5.07. The van der Waals surface area contributed by atoms with Crippen molar-refractivity contribution in [3.05, 3.63) is 23.8 Å².